The van der Waals surface area contributed by atoms with Crippen molar-refractivity contribution in [1.29, 1.82) is 0 Å². The number of methoxy groups -OCH3 is 3. The zero-order valence-corrected chi connectivity index (χ0v) is 15.4. The normalized spacial score (nSPS) is 10.9. The van der Waals surface area contributed by atoms with Crippen molar-refractivity contribution < 1.29 is 19.0 Å². The maximum atomic E-state index is 11.0. The molecule has 0 aliphatic rings. The van der Waals surface area contributed by atoms with Gasteiger partial charge in [0.25, 0.3) is 0 Å². The number of carbonyl (C=O) groups excluding carboxylic acids is 1. The van der Waals surface area contributed by atoms with Crippen LogP contribution in [0.25, 0.3) is 12.2 Å². The number of ketones is 1. The van der Waals surface area contributed by atoms with E-state index in [-0.39, 0.29) is 5.78 Å². The van der Waals surface area contributed by atoms with Crippen molar-refractivity contribution in [2.45, 2.75) is 6.92 Å². The van der Waals surface area contributed by atoms with Gasteiger partial charge in [0.15, 0.2) is 17.3 Å². The predicted octanol–water partition coefficient (Wildman–Crippen LogP) is 4.40. The molecule has 0 saturated heterocycles. The van der Waals surface area contributed by atoms with Crippen LogP contribution in [0.2, 0.25) is 0 Å². The van der Waals surface area contributed by atoms with Gasteiger partial charge < -0.3 is 19.5 Å². The van der Waals surface area contributed by atoms with E-state index >= 15 is 0 Å². The van der Waals surface area contributed by atoms with Gasteiger partial charge in [0.1, 0.15) is 0 Å². The number of carbonyl (C=O) groups is 1. The quantitative estimate of drug-likeness (QED) is 0.563. The highest BCUT2D eigenvalue weighted by molar-refractivity contribution is 5.87. The molecular weight excluding hydrogens is 330 g/mol. The second-order valence-corrected chi connectivity index (χ2v) is 5.47. The fraction of sp³-hybridized carbons (Fsp3) is 0.190. The largest absolute Gasteiger partial charge is 0.493 e. The molecule has 1 N–H and O–H groups in total. The van der Waals surface area contributed by atoms with Gasteiger partial charge in [-0.2, -0.15) is 0 Å². The summed E-state index contributed by atoms with van der Waals surface area (Å²) in [4.78, 5) is 11.0. The number of rotatable bonds is 8. The molecular formula is C21H23NO4. The van der Waals surface area contributed by atoms with Gasteiger partial charge in [-0.1, -0.05) is 30.4 Å². The molecule has 0 atom stereocenters. The van der Waals surface area contributed by atoms with Crippen molar-refractivity contribution in [3.05, 3.63) is 59.8 Å². The Balaban J connectivity index is 2.31. The molecule has 0 heterocycles. The molecule has 0 aromatic heterocycles. The summed E-state index contributed by atoms with van der Waals surface area (Å²) in [5.41, 5.74) is 2.79. The first kappa shape index (κ1) is 19.1. The van der Waals surface area contributed by atoms with E-state index in [2.05, 4.69) is 5.32 Å². The third-order valence-corrected chi connectivity index (χ3v) is 3.66. The van der Waals surface area contributed by atoms with E-state index < -0.39 is 0 Å². The fourth-order valence-corrected chi connectivity index (χ4v) is 2.41. The molecule has 136 valence electrons. The predicted molar refractivity (Wildman–Crippen MR) is 105 cm³/mol. The van der Waals surface area contributed by atoms with E-state index in [0.717, 1.165) is 16.8 Å². The standard InChI is InChI=1S/C21H23NO4/c1-15(23)11-12-22-18-8-6-5-7-17(18)10-9-16-13-19(24-2)21(26-4)20(14-16)25-3/h5-14,22H,1-4H3/b10-9-,12-11-. The highest BCUT2D eigenvalue weighted by Crippen LogP contribution is 2.38. The number of ether oxygens (including phenoxy) is 3. The van der Waals surface area contributed by atoms with Gasteiger partial charge in [0, 0.05) is 11.9 Å². The number of para-hydroxylation sites is 1. The molecule has 0 amide bonds. The lowest BCUT2D eigenvalue weighted by molar-refractivity contribution is -0.112. The molecule has 2 rings (SSSR count). The first-order valence-electron chi connectivity index (χ1n) is 8.09. The topological polar surface area (TPSA) is 56.8 Å². The van der Waals surface area contributed by atoms with Gasteiger partial charge in [-0.05, 0) is 42.3 Å². The lowest BCUT2D eigenvalue weighted by atomic mass is 10.1. The Kier molecular flexibility index (Phi) is 6.85. The summed E-state index contributed by atoms with van der Waals surface area (Å²) in [5.74, 6) is 1.75. The van der Waals surface area contributed by atoms with Crippen molar-refractivity contribution in [1.82, 2.24) is 0 Å². The fourth-order valence-electron chi connectivity index (χ4n) is 2.41. The highest BCUT2D eigenvalue weighted by Gasteiger charge is 2.12. The molecule has 2 aromatic rings. The zero-order chi connectivity index (χ0) is 18.9. The molecule has 0 spiro atoms. The monoisotopic (exact) mass is 353 g/mol. The number of hydrogen-bond donors (Lipinski definition) is 1. The Morgan fingerprint density at radius 2 is 1.62 bits per heavy atom. The SMILES string of the molecule is COc1cc(/C=C\c2ccccc2N/C=C\C(C)=O)cc(OC)c1OC. The third kappa shape index (κ3) is 4.89. The second-order valence-electron chi connectivity index (χ2n) is 5.47. The van der Waals surface area contributed by atoms with Crippen LogP contribution in [0.1, 0.15) is 18.1 Å². The van der Waals surface area contributed by atoms with E-state index in [1.165, 1.54) is 13.0 Å². The van der Waals surface area contributed by atoms with Crippen molar-refractivity contribution in [2.75, 3.05) is 26.6 Å². The first-order valence-corrected chi connectivity index (χ1v) is 8.09. The highest BCUT2D eigenvalue weighted by atomic mass is 16.5. The van der Waals surface area contributed by atoms with Crippen molar-refractivity contribution >= 4 is 23.6 Å². The summed E-state index contributed by atoms with van der Waals surface area (Å²) in [6.07, 6.45) is 7.05. The molecule has 0 saturated carbocycles. The minimum absolute atomic E-state index is 0.0112. The maximum Gasteiger partial charge on any atom is 0.203 e. The van der Waals surface area contributed by atoms with Crippen LogP contribution in [0, 0.1) is 0 Å². The molecule has 2 aromatic carbocycles. The van der Waals surface area contributed by atoms with Crippen LogP contribution in [0.3, 0.4) is 0 Å². The number of benzene rings is 2. The first-order chi connectivity index (χ1) is 12.6. The van der Waals surface area contributed by atoms with E-state index in [4.69, 9.17) is 14.2 Å². The molecule has 5 heteroatoms. The lowest BCUT2D eigenvalue weighted by Gasteiger charge is -2.13. The summed E-state index contributed by atoms with van der Waals surface area (Å²) in [6.45, 7) is 1.51. The van der Waals surface area contributed by atoms with Crippen LogP contribution in [0.4, 0.5) is 5.69 Å². The Morgan fingerprint density at radius 1 is 0.962 bits per heavy atom. The van der Waals surface area contributed by atoms with Gasteiger partial charge in [0.2, 0.25) is 5.75 Å². The Morgan fingerprint density at radius 3 is 2.19 bits per heavy atom. The van der Waals surface area contributed by atoms with Gasteiger partial charge in [0.05, 0.1) is 21.3 Å². The molecule has 26 heavy (non-hydrogen) atoms. The smallest absolute Gasteiger partial charge is 0.203 e. The number of hydrogen-bond acceptors (Lipinski definition) is 5. The van der Waals surface area contributed by atoms with Crippen LogP contribution in [-0.2, 0) is 4.79 Å². The molecule has 5 nitrogen and oxygen atoms in total. The molecule has 0 unspecified atom stereocenters. The Labute approximate surface area is 153 Å². The van der Waals surface area contributed by atoms with Crippen LogP contribution < -0.4 is 19.5 Å². The summed E-state index contributed by atoms with van der Waals surface area (Å²) in [6, 6.07) is 11.6. The van der Waals surface area contributed by atoms with Crippen molar-refractivity contribution in [3.8, 4) is 17.2 Å². The van der Waals surface area contributed by atoms with Gasteiger partial charge in [-0.15, -0.1) is 0 Å². The van der Waals surface area contributed by atoms with Gasteiger partial charge >= 0.3 is 0 Å². The van der Waals surface area contributed by atoms with Crippen molar-refractivity contribution in [3.63, 3.8) is 0 Å². The van der Waals surface area contributed by atoms with Crippen LogP contribution >= 0.6 is 0 Å². The Bertz CT molecular complexity index is 800. The van der Waals surface area contributed by atoms with E-state index in [1.807, 2.05) is 48.6 Å². The van der Waals surface area contributed by atoms with Crippen LogP contribution in [0.5, 0.6) is 17.2 Å². The maximum absolute atomic E-state index is 11.0. The number of anilines is 1. The van der Waals surface area contributed by atoms with E-state index in [1.54, 1.807) is 27.5 Å². The summed E-state index contributed by atoms with van der Waals surface area (Å²) in [7, 11) is 4.75. The average Bonchev–Trinajstić information content (AvgIpc) is 2.65. The molecule has 0 aliphatic heterocycles. The Hall–Kier alpha value is -3.21. The number of nitrogens with one attached hydrogen (secondary N) is 1. The minimum atomic E-state index is -0.0112. The van der Waals surface area contributed by atoms with Gasteiger partial charge in [-0.3, -0.25) is 4.79 Å². The zero-order valence-electron chi connectivity index (χ0n) is 15.4. The van der Waals surface area contributed by atoms with E-state index in [0.29, 0.717) is 17.2 Å². The van der Waals surface area contributed by atoms with Crippen molar-refractivity contribution in [2.24, 2.45) is 0 Å². The average molecular weight is 353 g/mol. The van der Waals surface area contributed by atoms with E-state index in [9.17, 15) is 4.79 Å². The van der Waals surface area contributed by atoms with Gasteiger partial charge in [-0.25, -0.2) is 0 Å². The summed E-state index contributed by atoms with van der Waals surface area (Å²) >= 11 is 0. The molecule has 0 bridgehead atoms. The molecule has 0 aliphatic carbocycles. The number of allylic oxidation sites excluding steroid dienone is 1. The molecule has 0 fully saturated rings. The second kappa shape index (κ2) is 9.32. The molecule has 0 radical (unpaired) electrons. The lowest BCUT2D eigenvalue weighted by Crippen LogP contribution is -1.95. The summed E-state index contributed by atoms with van der Waals surface area (Å²) < 4.78 is 16.1. The summed E-state index contributed by atoms with van der Waals surface area (Å²) in [5, 5.41) is 3.12. The third-order valence-electron chi connectivity index (χ3n) is 3.66. The minimum Gasteiger partial charge on any atom is -0.493 e. The van der Waals surface area contributed by atoms with Crippen LogP contribution in [0.15, 0.2) is 48.7 Å². The van der Waals surface area contributed by atoms with Crippen LogP contribution in [-0.4, -0.2) is 27.1 Å².